The fourth-order valence-electron chi connectivity index (χ4n) is 1.66. The maximum atomic E-state index is 11.0. The highest BCUT2D eigenvalue weighted by Gasteiger charge is 2.14. The summed E-state index contributed by atoms with van der Waals surface area (Å²) in [6.45, 7) is 0.882. The van der Waals surface area contributed by atoms with E-state index in [9.17, 15) is 4.79 Å². The van der Waals surface area contributed by atoms with Crippen molar-refractivity contribution in [2.24, 2.45) is 5.92 Å². The monoisotopic (exact) mass is 187 g/mol. The third kappa shape index (κ3) is 3.48. The minimum atomic E-state index is 0.150. The smallest absolute Gasteiger partial charge is 0.220 e. The quantitative estimate of drug-likeness (QED) is 0.643. The molecule has 12 heavy (non-hydrogen) atoms. The van der Waals surface area contributed by atoms with Gasteiger partial charge in [0.1, 0.15) is 0 Å². The van der Waals surface area contributed by atoms with E-state index < -0.39 is 0 Å². The fraction of sp³-hybridized carbons (Fsp3) is 0.889. The molecule has 0 bridgehead atoms. The molecule has 0 heterocycles. The first-order valence-corrected chi connectivity index (χ1v) is 5.33. The summed E-state index contributed by atoms with van der Waals surface area (Å²) in [4.78, 5) is 11.0. The van der Waals surface area contributed by atoms with Crippen molar-refractivity contribution in [2.45, 2.75) is 32.1 Å². The van der Waals surface area contributed by atoms with Gasteiger partial charge in [-0.05, 0) is 24.5 Å². The minimum absolute atomic E-state index is 0.150. The molecule has 0 aromatic heterocycles. The highest BCUT2D eigenvalue weighted by molar-refractivity contribution is 7.80. The third-order valence-corrected chi connectivity index (χ3v) is 2.63. The molecule has 1 fully saturated rings. The van der Waals surface area contributed by atoms with E-state index >= 15 is 0 Å². The summed E-state index contributed by atoms with van der Waals surface area (Å²) in [5.41, 5.74) is 0. The van der Waals surface area contributed by atoms with Gasteiger partial charge in [-0.15, -0.1) is 0 Å². The summed E-state index contributed by atoms with van der Waals surface area (Å²) in [5, 5.41) is 2.94. The standard InChI is InChI=1S/C9H17NOS/c11-9(5-6-12)10-7-8-3-1-2-4-8/h8,12H,1-7H2,(H,10,11). The molecule has 1 N–H and O–H groups in total. The van der Waals surface area contributed by atoms with Gasteiger partial charge < -0.3 is 5.32 Å². The van der Waals surface area contributed by atoms with Crippen molar-refractivity contribution in [1.82, 2.24) is 5.32 Å². The van der Waals surface area contributed by atoms with Crippen molar-refractivity contribution < 1.29 is 4.79 Å². The maximum absolute atomic E-state index is 11.0. The zero-order valence-corrected chi connectivity index (χ0v) is 8.28. The van der Waals surface area contributed by atoms with Crippen LogP contribution in [-0.2, 0) is 4.79 Å². The second kappa shape index (κ2) is 5.46. The van der Waals surface area contributed by atoms with Crippen LogP contribution < -0.4 is 5.32 Å². The van der Waals surface area contributed by atoms with E-state index in [1.165, 1.54) is 25.7 Å². The van der Waals surface area contributed by atoms with E-state index in [0.717, 1.165) is 12.5 Å². The van der Waals surface area contributed by atoms with Crippen molar-refractivity contribution in [2.75, 3.05) is 12.3 Å². The Morgan fingerprint density at radius 1 is 1.42 bits per heavy atom. The van der Waals surface area contributed by atoms with E-state index in [1.807, 2.05) is 0 Å². The van der Waals surface area contributed by atoms with E-state index in [4.69, 9.17) is 0 Å². The van der Waals surface area contributed by atoms with Crippen LogP contribution in [0.1, 0.15) is 32.1 Å². The number of thiol groups is 1. The summed E-state index contributed by atoms with van der Waals surface area (Å²) in [5.74, 6) is 1.54. The van der Waals surface area contributed by atoms with Crippen LogP contribution in [0.2, 0.25) is 0 Å². The van der Waals surface area contributed by atoms with Gasteiger partial charge in [-0.25, -0.2) is 0 Å². The number of carbonyl (C=O) groups is 1. The van der Waals surface area contributed by atoms with Crippen LogP contribution in [0.15, 0.2) is 0 Å². The summed E-state index contributed by atoms with van der Waals surface area (Å²) < 4.78 is 0. The Labute approximate surface area is 79.5 Å². The maximum Gasteiger partial charge on any atom is 0.220 e. The molecule has 0 aromatic carbocycles. The predicted molar refractivity (Wildman–Crippen MR) is 53.4 cm³/mol. The zero-order chi connectivity index (χ0) is 8.81. The number of carbonyl (C=O) groups excluding carboxylic acids is 1. The van der Waals surface area contributed by atoms with Gasteiger partial charge in [-0.3, -0.25) is 4.79 Å². The fourth-order valence-corrected chi connectivity index (χ4v) is 1.87. The van der Waals surface area contributed by atoms with Gasteiger partial charge in [-0.1, -0.05) is 12.8 Å². The molecule has 2 nitrogen and oxygen atoms in total. The van der Waals surface area contributed by atoms with E-state index in [0.29, 0.717) is 12.2 Å². The first-order chi connectivity index (χ1) is 5.83. The molecule has 0 spiro atoms. The number of hydrogen-bond donors (Lipinski definition) is 2. The van der Waals surface area contributed by atoms with Gasteiger partial charge >= 0.3 is 0 Å². The van der Waals surface area contributed by atoms with Crippen LogP contribution in [0.5, 0.6) is 0 Å². The molecule has 1 amide bonds. The second-order valence-corrected chi connectivity index (χ2v) is 3.88. The van der Waals surface area contributed by atoms with Crippen LogP contribution in [0.3, 0.4) is 0 Å². The summed E-state index contributed by atoms with van der Waals surface area (Å²) in [7, 11) is 0. The third-order valence-electron chi connectivity index (χ3n) is 2.40. The summed E-state index contributed by atoms with van der Waals surface area (Å²) >= 11 is 4.00. The average Bonchev–Trinajstić information content (AvgIpc) is 2.53. The summed E-state index contributed by atoms with van der Waals surface area (Å²) in [6, 6.07) is 0. The first-order valence-electron chi connectivity index (χ1n) is 4.70. The van der Waals surface area contributed by atoms with Crippen LogP contribution in [0.25, 0.3) is 0 Å². The molecule has 0 radical (unpaired) electrons. The molecule has 1 saturated carbocycles. The Hall–Kier alpha value is -0.180. The molecule has 1 rings (SSSR count). The highest BCUT2D eigenvalue weighted by atomic mass is 32.1. The topological polar surface area (TPSA) is 29.1 Å². The molecule has 3 heteroatoms. The minimum Gasteiger partial charge on any atom is -0.356 e. The largest absolute Gasteiger partial charge is 0.356 e. The Bertz CT molecular complexity index is 143. The number of hydrogen-bond acceptors (Lipinski definition) is 2. The van der Waals surface area contributed by atoms with Gasteiger partial charge in [0.2, 0.25) is 5.91 Å². The Morgan fingerprint density at radius 2 is 2.08 bits per heavy atom. The van der Waals surface area contributed by atoms with Gasteiger partial charge in [0.25, 0.3) is 0 Å². The molecular formula is C9H17NOS. The molecule has 0 unspecified atom stereocenters. The molecule has 0 atom stereocenters. The van der Waals surface area contributed by atoms with Gasteiger partial charge in [-0.2, -0.15) is 12.6 Å². The number of rotatable bonds is 4. The lowest BCUT2D eigenvalue weighted by Crippen LogP contribution is -2.28. The SMILES string of the molecule is O=C(CCS)NCC1CCCC1. The number of amides is 1. The van der Waals surface area contributed by atoms with Crippen LogP contribution >= 0.6 is 12.6 Å². The summed E-state index contributed by atoms with van der Waals surface area (Å²) in [6.07, 6.45) is 5.82. The molecular weight excluding hydrogens is 170 g/mol. The van der Waals surface area contributed by atoms with E-state index in [1.54, 1.807) is 0 Å². The van der Waals surface area contributed by atoms with Crippen molar-refractivity contribution in [1.29, 1.82) is 0 Å². The lowest BCUT2D eigenvalue weighted by Gasteiger charge is -2.09. The second-order valence-electron chi connectivity index (χ2n) is 3.43. The normalized spacial score (nSPS) is 18.1. The van der Waals surface area contributed by atoms with Crippen molar-refractivity contribution >= 4 is 18.5 Å². The first kappa shape index (κ1) is 9.90. The Kier molecular flexibility index (Phi) is 4.51. The number of nitrogens with one attached hydrogen (secondary N) is 1. The predicted octanol–water partition coefficient (Wildman–Crippen LogP) is 1.61. The van der Waals surface area contributed by atoms with Crippen LogP contribution in [0.4, 0.5) is 0 Å². The Morgan fingerprint density at radius 3 is 2.67 bits per heavy atom. The van der Waals surface area contributed by atoms with Crippen molar-refractivity contribution in [3.63, 3.8) is 0 Å². The Balaban J connectivity index is 2.03. The molecule has 1 aliphatic rings. The van der Waals surface area contributed by atoms with E-state index in [-0.39, 0.29) is 5.91 Å². The lowest BCUT2D eigenvalue weighted by atomic mass is 10.1. The molecule has 0 aliphatic heterocycles. The lowest BCUT2D eigenvalue weighted by molar-refractivity contribution is -0.120. The molecule has 0 saturated heterocycles. The van der Waals surface area contributed by atoms with Gasteiger partial charge in [0, 0.05) is 13.0 Å². The highest BCUT2D eigenvalue weighted by Crippen LogP contribution is 2.23. The molecule has 70 valence electrons. The average molecular weight is 187 g/mol. The molecule has 0 aromatic rings. The molecule has 1 aliphatic carbocycles. The van der Waals surface area contributed by atoms with Gasteiger partial charge in [0.15, 0.2) is 0 Å². The van der Waals surface area contributed by atoms with Crippen LogP contribution in [0, 0.1) is 5.92 Å². The zero-order valence-electron chi connectivity index (χ0n) is 7.38. The van der Waals surface area contributed by atoms with E-state index in [2.05, 4.69) is 17.9 Å². The van der Waals surface area contributed by atoms with Crippen molar-refractivity contribution in [3.05, 3.63) is 0 Å². The van der Waals surface area contributed by atoms with Crippen LogP contribution in [-0.4, -0.2) is 18.2 Å². The van der Waals surface area contributed by atoms with Crippen molar-refractivity contribution in [3.8, 4) is 0 Å². The van der Waals surface area contributed by atoms with Gasteiger partial charge in [0.05, 0.1) is 0 Å².